The number of amides is 2. The van der Waals surface area contributed by atoms with Gasteiger partial charge in [-0.3, -0.25) is 9.59 Å². The van der Waals surface area contributed by atoms with E-state index in [0.717, 1.165) is 0 Å². The van der Waals surface area contributed by atoms with Crippen molar-refractivity contribution in [1.29, 1.82) is 0 Å². The third-order valence-electron chi connectivity index (χ3n) is 1.58. The molecule has 0 fully saturated rings. The number of carbonyl (C=O) groups is 2. The van der Waals surface area contributed by atoms with Gasteiger partial charge in [-0.25, -0.2) is 0 Å². The lowest BCUT2D eigenvalue weighted by Gasteiger charge is -2.06. The van der Waals surface area contributed by atoms with E-state index in [-0.39, 0.29) is 12.3 Å². The number of nitrogens with two attached hydrogens (primary N) is 1. The number of primary amides is 1. The number of furan rings is 1. The molecule has 0 aliphatic carbocycles. The molecule has 0 radical (unpaired) electrons. The quantitative estimate of drug-likeness (QED) is 0.697. The van der Waals surface area contributed by atoms with Crippen LogP contribution in [0.5, 0.6) is 0 Å². The van der Waals surface area contributed by atoms with Crippen LogP contribution in [0.1, 0.15) is 10.6 Å². The van der Waals surface area contributed by atoms with Crippen LogP contribution in [0.4, 0.5) is 0 Å². The van der Waals surface area contributed by atoms with E-state index in [0.29, 0.717) is 4.67 Å². The van der Waals surface area contributed by atoms with Gasteiger partial charge in [0, 0.05) is 0 Å². The van der Waals surface area contributed by atoms with Crippen molar-refractivity contribution in [3.8, 4) is 0 Å². The van der Waals surface area contributed by atoms with Gasteiger partial charge in [0.1, 0.15) is 6.10 Å². The zero-order valence-electron chi connectivity index (χ0n) is 7.57. The molecule has 1 heterocycles. The standard InChI is InChI=1S/C8H9BrN2O4/c9-6-2-1-5(15-6)8(14)11-3-4(12)7(10)13/h1-2,4,12H,3H2,(H2,10,13)(H,11,14). The van der Waals surface area contributed by atoms with E-state index in [2.05, 4.69) is 21.2 Å². The second-order valence-electron chi connectivity index (χ2n) is 2.73. The lowest BCUT2D eigenvalue weighted by Crippen LogP contribution is -2.39. The highest BCUT2D eigenvalue weighted by Crippen LogP contribution is 2.13. The molecule has 0 bridgehead atoms. The fourth-order valence-corrected chi connectivity index (χ4v) is 1.12. The normalized spacial score (nSPS) is 12.1. The highest BCUT2D eigenvalue weighted by atomic mass is 79.9. The summed E-state index contributed by atoms with van der Waals surface area (Å²) < 4.78 is 5.36. The molecule has 1 atom stereocenters. The molecule has 0 saturated heterocycles. The third kappa shape index (κ3) is 3.37. The average molecular weight is 277 g/mol. The molecule has 6 nitrogen and oxygen atoms in total. The molecule has 1 rings (SSSR count). The molecular weight excluding hydrogens is 268 g/mol. The molecule has 82 valence electrons. The fourth-order valence-electron chi connectivity index (χ4n) is 0.813. The number of nitrogens with one attached hydrogen (secondary N) is 1. The second-order valence-corrected chi connectivity index (χ2v) is 3.51. The number of carbonyl (C=O) groups excluding carboxylic acids is 2. The molecule has 4 N–H and O–H groups in total. The van der Waals surface area contributed by atoms with Crippen molar-refractivity contribution < 1.29 is 19.1 Å². The molecule has 0 saturated carbocycles. The van der Waals surface area contributed by atoms with Gasteiger partial charge in [-0.2, -0.15) is 0 Å². The minimum atomic E-state index is -1.40. The van der Waals surface area contributed by atoms with Crippen molar-refractivity contribution in [3.63, 3.8) is 0 Å². The number of rotatable bonds is 4. The maximum Gasteiger partial charge on any atom is 0.287 e. The van der Waals surface area contributed by atoms with Crippen molar-refractivity contribution in [1.82, 2.24) is 5.32 Å². The van der Waals surface area contributed by atoms with Crippen molar-refractivity contribution in [2.45, 2.75) is 6.10 Å². The topological polar surface area (TPSA) is 106 Å². The Balaban J connectivity index is 2.47. The Bertz CT molecular complexity index is 376. The maximum absolute atomic E-state index is 11.3. The molecule has 0 aromatic carbocycles. The first-order chi connectivity index (χ1) is 7.00. The zero-order valence-corrected chi connectivity index (χ0v) is 9.15. The van der Waals surface area contributed by atoms with E-state index in [9.17, 15) is 9.59 Å². The van der Waals surface area contributed by atoms with Gasteiger partial charge in [0.2, 0.25) is 5.91 Å². The number of hydrogen-bond donors (Lipinski definition) is 3. The summed E-state index contributed by atoms with van der Waals surface area (Å²) >= 11 is 3.03. The first kappa shape index (κ1) is 11.7. The molecule has 15 heavy (non-hydrogen) atoms. The second kappa shape index (κ2) is 4.94. The number of aliphatic hydroxyl groups excluding tert-OH is 1. The summed E-state index contributed by atoms with van der Waals surface area (Å²) in [5.41, 5.74) is 4.79. The van der Waals surface area contributed by atoms with Crippen LogP contribution in [-0.4, -0.2) is 29.6 Å². The van der Waals surface area contributed by atoms with Crippen LogP contribution < -0.4 is 11.1 Å². The van der Waals surface area contributed by atoms with Crippen molar-refractivity contribution in [2.24, 2.45) is 5.73 Å². The van der Waals surface area contributed by atoms with Crippen LogP contribution in [0.3, 0.4) is 0 Å². The van der Waals surface area contributed by atoms with Crippen LogP contribution in [0.15, 0.2) is 21.2 Å². The summed E-state index contributed by atoms with van der Waals surface area (Å²) in [7, 11) is 0. The van der Waals surface area contributed by atoms with Crippen LogP contribution in [0.2, 0.25) is 0 Å². The predicted molar refractivity (Wildman–Crippen MR) is 53.9 cm³/mol. The van der Waals surface area contributed by atoms with Gasteiger partial charge < -0.3 is 20.6 Å². The average Bonchev–Trinajstić information content (AvgIpc) is 2.60. The SMILES string of the molecule is NC(=O)C(O)CNC(=O)c1ccc(Br)o1. The van der Waals surface area contributed by atoms with E-state index in [4.69, 9.17) is 15.3 Å². The lowest BCUT2D eigenvalue weighted by atomic mass is 10.3. The van der Waals surface area contributed by atoms with Crippen LogP contribution >= 0.6 is 15.9 Å². The summed E-state index contributed by atoms with van der Waals surface area (Å²) in [6.07, 6.45) is -1.40. The monoisotopic (exact) mass is 276 g/mol. The van der Waals surface area contributed by atoms with Gasteiger partial charge in [0.05, 0.1) is 6.54 Å². The summed E-state index contributed by atoms with van der Waals surface area (Å²) in [4.78, 5) is 21.7. The summed E-state index contributed by atoms with van der Waals surface area (Å²) in [5.74, 6) is -1.34. The Hall–Kier alpha value is -1.34. The third-order valence-corrected chi connectivity index (χ3v) is 2.01. The smallest absolute Gasteiger partial charge is 0.287 e. The Kier molecular flexibility index (Phi) is 3.87. The molecule has 1 aromatic heterocycles. The highest BCUT2D eigenvalue weighted by molar-refractivity contribution is 9.10. The lowest BCUT2D eigenvalue weighted by molar-refractivity contribution is -0.125. The van der Waals surface area contributed by atoms with Crippen LogP contribution in [0.25, 0.3) is 0 Å². The molecule has 0 aliphatic rings. The van der Waals surface area contributed by atoms with Gasteiger partial charge in [0.15, 0.2) is 10.4 Å². The van der Waals surface area contributed by atoms with E-state index < -0.39 is 17.9 Å². The van der Waals surface area contributed by atoms with Crippen LogP contribution in [-0.2, 0) is 4.79 Å². The molecule has 2 amide bonds. The van der Waals surface area contributed by atoms with E-state index in [1.54, 1.807) is 6.07 Å². The Morgan fingerprint density at radius 1 is 1.60 bits per heavy atom. The van der Waals surface area contributed by atoms with Gasteiger partial charge in [-0.15, -0.1) is 0 Å². The maximum atomic E-state index is 11.3. The van der Waals surface area contributed by atoms with Gasteiger partial charge in [-0.1, -0.05) is 0 Å². The minimum absolute atomic E-state index is 0.0820. The minimum Gasteiger partial charge on any atom is -0.444 e. The first-order valence-electron chi connectivity index (χ1n) is 4.01. The van der Waals surface area contributed by atoms with Gasteiger partial charge in [0.25, 0.3) is 5.91 Å². The molecule has 7 heteroatoms. The number of aliphatic hydroxyl groups is 1. The van der Waals surface area contributed by atoms with Gasteiger partial charge >= 0.3 is 0 Å². The fraction of sp³-hybridized carbons (Fsp3) is 0.250. The summed E-state index contributed by atoms with van der Waals surface area (Å²) in [6, 6.07) is 3.01. The van der Waals surface area contributed by atoms with E-state index >= 15 is 0 Å². The Labute approximate surface area is 93.6 Å². The zero-order chi connectivity index (χ0) is 11.4. The largest absolute Gasteiger partial charge is 0.444 e. The van der Waals surface area contributed by atoms with Gasteiger partial charge in [-0.05, 0) is 28.1 Å². The molecule has 1 unspecified atom stereocenters. The van der Waals surface area contributed by atoms with E-state index in [1.807, 2.05) is 0 Å². The molecule has 1 aromatic rings. The van der Waals surface area contributed by atoms with Crippen molar-refractivity contribution in [3.05, 3.63) is 22.6 Å². The Morgan fingerprint density at radius 3 is 2.73 bits per heavy atom. The van der Waals surface area contributed by atoms with Crippen molar-refractivity contribution >= 4 is 27.7 Å². The van der Waals surface area contributed by atoms with Crippen molar-refractivity contribution in [2.75, 3.05) is 6.54 Å². The number of hydrogen-bond acceptors (Lipinski definition) is 4. The summed E-state index contributed by atoms with van der Waals surface area (Å²) in [5, 5.41) is 11.3. The predicted octanol–water partition coefficient (Wildman–Crippen LogP) is -0.382. The summed E-state index contributed by atoms with van der Waals surface area (Å²) in [6.45, 7) is -0.244. The number of halogens is 1. The molecule has 0 spiro atoms. The first-order valence-corrected chi connectivity index (χ1v) is 4.81. The van der Waals surface area contributed by atoms with Crippen LogP contribution in [0, 0.1) is 0 Å². The molecule has 0 aliphatic heterocycles. The van der Waals surface area contributed by atoms with E-state index in [1.165, 1.54) is 6.07 Å². The molecular formula is C8H9BrN2O4. The highest BCUT2D eigenvalue weighted by Gasteiger charge is 2.15. The Morgan fingerprint density at radius 2 is 2.27 bits per heavy atom.